The molecule has 2 heteroatoms. The normalized spacial score (nSPS) is 12.7. The summed E-state index contributed by atoms with van der Waals surface area (Å²) >= 11 is 0. The first kappa shape index (κ1) is 14.6. The van der Waals surface area contributed by atoms with Gasteiger partial charge in [0.05, 0.1) is 0 Å². The molecule has 0 N–H and O–H groups in total. The highest BCUT2D eigenvalue weighted by Gasteiger charge is 2.05. The van der Waals surface area contributed by atoms with Gasteiger partial charge in [-0.1, -0.05) is 60.7 Å². The average molecular weight is 292 g/mol. The minimum atomic E-state index is -0.142. The molecule has 112 valence electrons. The average Bonchev–Trinajstić information content (AvgIpc) is 2.59. The number of hydrogen-bond acceptors (Lipinski definition) is 2. The van der Waals surface area contributed by atoms with E-state index in [1.165, 1.54) is 16.0 Å². The van der Waals surface area contributed by atoms with Crippen LogP contribution in [0.5, 0.6) is 0 Å². The molecule has 2 nitrogen and oxygen atoms in total. The van der Waals surface area contributed by atoms with E-state index in [0.717, 1.165) is 24.8 Å². The van der Waals surface area contributed by atoms with Crippen molar-refractivity contribution in [2.75, 3.05) is 0 Å². The van der Waals surface area contributed by atoms with E-state index < -0.39 is 0 Å². The maximum atomic E-state index is 11.8. The molecule has 0 fully saturated rings. The van der Waals surface area contributed by atoms with Gasteiger partial charge >= 0.3 is 5.97 Å². The van der Waals surface area contributed by atoms with Crippen LogP contribution in [0, 0.1) is 0 Å². The van der Waals surface area contributed by atoms with Gasteiger partial charge in [-0.3, -0.25) is 4.79 Å². The molecule has 0 heterocycles. The van der Waals surface area contributed by atoms with Gasteiger partial charge in [0.25, 0.3) is 0 Å². The number of ether oxygens (including phenoxy) is 1. The summed E-state index contributed by atoms with van der Waals surface area (Å²) in [4.78, 5) is 11.8. The van der Waals surface area contributed by atoms with E-state index in [9.17, 15) is 4.79 Å². The highest BCUT2D eigenvalue weighted by atomic mass is 16.5. The summed E-state index contributed by atoms with van der Waals surface area (Å²) < 4.78 is 5.31. The molecule has 2 aromatic rings. The topological polar surface area (TPSA) is 26.3 Å². The molecule has 0 saturated carbocycles. The molecule has 0 aliphatic heterocycles. The lowest BCUT2D eigenvalue weighted by Gasteiger charge is -2.06. The fourth-order valence-electron chi connectivity index (χ4n) is 2.68. The van der Waals surface area contributed by atoms with Crippen molar-refractivity contribution < 1.29 is 9.53 Å². The van der Waals surface area contributed by atoms with Crippen LogP contribution in [-0.4, -0.2) is 5.97 Å². The molecule has 1 aliphatic rings. The summed E-state index contributed by atoms with van der Waals surface area (Å²) in [6.07, 6.45) is 7.93. The molecule has 0 bridgehead atoms. The Morgan fingerprint density at radius 2 is 1.68 bits per heavy atom. The van der Waals surface area contributed by atoms with Gasteiger partial charge in [0, 0.05) is 6.42 Å². The molecule has 0 atom stereocenters. The van der Waals surface area contributed by atoms with E-state index in [1.54, 1.807) is 0 Å². The molecule has 0 amide bonds. The second-order valence-corrected chi connectivity index (χ2v) is 5.60. The van der Waals surface area contributed by atoms with Crippen LogP contribution in [0.1, 0.15) is 30.4 Å². The van der Waals surface area contributed by atoms with Crippen molar-refractivity contribution in [1.29, 1.82) is 0 Å². The Balaban J connectivity index is 1.53. The van der Waals surface area contributed by atoms with Crippen molar-refractivity contribution in [3.05, 3.63) is 70.1 Å². The van der Waals surface area contributed by atoms with E-state index >= 15 is 0 Å². The van der Waals surface area contributed by atoms with E-state index in [2.05, 4.69) is 30.4 Å². The van der Waals surface area contributed by atoms with Crippen LogP contribution in [0.25, 0.3) is 12.2 Å². The van der Waals surface area contributed by atoms with Crippen LogP contribution in [-0.2, 0) is 22.6 Å². The minimum Gasteiger partial charge on any atom is -0.461 e. The molecular formula is C20H20O2. The maximum Gasteiger partial charge on any atom is 0.306 e. The van der Waals surface area contributed by atoms with Crippen molar-refractivity contribution in [2.45, 2.75) is 32.3 Å². The van der Waals surface area contributed by atoms with Crippen molar-refractivity contribution in [2.24, 2.45) is 0 Å². The number of esters is 1. The molecular weight excluding hydrogens is 272 g/mol. The number of carbonyl (C=O) groups excluding carboxylic acids is 1. The standard InChI is InChI=1S/C20H20O2/c21-20(22-15-17-6-2-1-3-7-17)13-11-16-10-12-18-8-4-5-9-19(18)14-16/h1-3,6-10,12,14H,4-5,11,13,15H2. The van der Waals surface area contributed by atoms with Gasteiger partial charge in [-0.15, -0.1) is 0 Å². The Labute approximate surface area is 130 Å². The van der Waals surface area contributed by atoms with Gasteiger partial charge in [-0.05, 0) is 40.8 Å². The smallest absolute Gasteiger partial charge is 0.306 e. The van der Waals surface area contributed by atoms with Gasteiger partial charge in [0.2, 0.25) is 0 Å². The molecule has 22 heavy (non-hydrogen) atoms. The summed E-state index contributed by atoms with van der Waals surface area (Å²) in [7, 11) is 0. The third-order valence-electron chi connectivity index (χ3n) is 3.91. The molecule has 0 radical (unpaired) electrons. The fraction of sp³-hybridized carbons (Fsp3) is 0.250. The lowest BCUT2D eigenvalue weighted by molar-refractivity contribution is -0.144. The highest BCUT2D eigenvalue weighted by molar-refractivity contribution is 5.69. The molecule has 3 rings (SSSR count). The predicted molar refractivity (Wildman–Crippen MR) is 88.4 cm³/mol. The van der Waals surface area contributed by atoms with Crippen LogP contribution in [0.2, 0.25) is 0 Å². The van der Waals surface area contributed by atoms with E-state index in [0.29, 0.717) is 13.0 Å². The Morgan fingerprint density at radius 1 is 0.909 bits per heavy atom. The first-order valence-electron chi connectivity index (χ1n) is 7.80. The minimum absolute atomic E-state index is 0.142. The lowest BCUT2D eigenvalue weighted by atomic mass is 10.0. The summed E-state index contributed by atoms with van der Waals surface area (Å²) in [5, 5.41) is 2.60. The summed E-state index contributed by atoms with van der Waals surface area (Å²) in [6, 6.07) is 16.2. The van der Waals surface area contributed by atoms with E-state index in [1.807, 2.05) is 30.3 Å². The zero-order valence-electron chi connectivity index (χ0n) is 12.6. The molecule has 1 aliphatic carbocycles. The highest BCUT2D eigenvalue weighted by Crippen LogP contribution is 2.05. The zero-order chi connectivity index (χ0) is 15.2. The zero-order valence-corrected chi connectivity index (χ0v) is 12.6. The summed E-state index contributed by atoms with van der Waals surface area (Å²) in [5.74, 6) is -0.142. The van der Waals surface area contributed by atoms with Crippen LogP contribution in [0.3, 0.4) is 0 Å². The number of fused-ring (bicyclic) bond motifs is 1. The summed E-state index contributed by atoms with van der Waals surface area (Å²) in [6.45, 7) is 0.354. The van der Waals surface area contributed by atoms with Gasteiger partial charge in [-0.2, -0.15) is 0 Å². The lowest BCUT2D eigenvalue weighted by Crippen LogP contribution is -2.26. The van der Waals surface area contributed by atoms with Gasteiger partial charge < -0.3 is 4.74 Å². The van der Waals surface area contributed by atoms with Crippen LogP contribution >= 0.6 is 0 Å². The first-order valence-corrected chi connectivity index (χ1v) is 7.80. The third-order valence-corrected chi connectivity index (χ3v) is 3.91. The molecule has 0 spiro atoms. The number of carbonyl (C=O) groups is 1. The molecule has 0 aromatic heterocycles. The number of benzene rings is 2. The number of hydrogen-bond donors (Lipinski definition) is 0. The predicted octanol–water partition coefficient (Wildman–Crippen LogP) is 2.72. The maximum absolute atomic E-state index is 11.8. The Morgan fingerprint density at radius 3 is 2.50 bits per heavy atom. The van der Waals surface area contributed by atoms with Crippen molar-refractivity contribution in [1.82, 2.24) is 0 Å². The van der Waals surface area contributed by atoms with E-state index in [4.69, 9.17) is 4.74 Å². The van der Waals surface area contributed by atoms with Crippen LogP contribution in [0.4, 0.5) is 0 Å². The van der Waals surface area contributed by atoms with E-state index in [-0.39, 0.29) is 5.97 Å². The third kappa shape index (κ3) is 3.85. The van der Waals surface area contributed by atoms with Crippen molar-refractivity contribution in [3.63, 3.8) is 0 Å². The van der Waals surface area contributed by atoms with Gasteiger partial charge in [-0.25, -0.2) is 0 Å². The summed E-state index contributed by atoms with van der Waals surface area (Å²) in [5.41, 5.74) is 2.22. The largest absolute Gasteiger partial charge is 0.461 e. The number of aryl methyl sites for hydroxylation is 1. The second kappa shape index (κ2) is 7.08. The van der Waals surface area contributed by atoms with Crippen molar-refractivity contribution in [3.8, 4) is 0 Å². The monoisotopic (exact) mass is 292 g/mol. The second-order valence-electron chi connectivity index (χ2n) is 5.60. The van der Waals surface area contributed by atoms with Crippen LogP contribution < -0.4 is 10.4 Å². The molecule has 0 saturated heterocycles. The molecule has 0 unspecified atom stereocenters. The quantitative estimate of drug-likeness (QED) is 0.792. The first-order chi connectivity index (χ1) is 10.8. The molecule has 2 aromatic carbocycles. The SMILES string of the molecule is O=C(CCc1ccc2c(c1)=CCCC=2)OCc1ccccc1. The Bertz CT molecular complexity index is 760. The fourth-order valence-corrected chi connectivity index (χ4v) is 2.68. The Kier molecular flexibility index (Phi) is 4.69. The Hall–Kier alpha value is -2.35. The van der Waals surface area contributed by atoms with Crippen LogP contribution in [0.15, 0.2) is 48.5 Å². The van der Waals surface area contributed by atoms with Gasteiger partial charge in [0.15, 0.2) is 0 Å². The number of rotatable bonds is 5. The van der Waals surface area contributed by atoms with Crippen molar-refractivity contribution >= 4 is 18.1 Å². The van der Waals surface area contributed by atoms with Gasteiger partial charge in [0.1, 0.15) is 6.61 Å².